The quantitative estimate of drug-likeness (QED) is 0.0554. The number of esters is 3. The Labute approximate surface area is 253 Å². The van der Waals surface area contributed by atoms with Crippen LogP contribution in [0, 0.1) is 17.8 Å². The van der Waals surface area contributed by atoms with Crippen LogP contribution in [0.5, 0.6) is 11.5 Å². The average Bonchev–Trinajstić information content (AvgIpc) is 2.99. The Kier molecular flexibility index (Phi) is 13.3. The zero-order valence-corrected chi connectivity index (χ0v) is 25.3. The molecular weight excluding hydrogens is 552 g/mol. The van der Waals surface area contributed by atoms with E-state index in [0.29, 0.717) is 36.3 Å². The molecule has 0 bridgehead atoms. The Hall–Kier alpha value is -4.14. The van der Waals surface area contributed by atoms with Crippen LogP contribution in [-0.4, -0.2) is 43.4 Å². The first-order valence-electron chi connectivity index (χ1n) is 14.9. The minimum absolute atomic E-state index is 0.104. The molecule has 43 heavy (non-hydrogen) atoms. The fraction of sp³-hybridized carbons (Fsp3) is 0.471. The van der Waals surface area contributed by atoms with Gasteiger partial charge in [0.1, 0.15) is 17.6 Å². The lowest BCUT2D eigenvalue weighted by Crippen LogP contribution is -2.35. The monoisotopic (exact) mass is 594 g/mol. The molecule has 0 radical (unpaired) electrons. The van der Waals surface area contributed by atoms with Crippen molar-refractivity contribution < 1.29 is 42.9 Å². The van der Waals surface area contributed by atoms with E-state index in [-0.39, 0.29) is 35.7 Å². The molecule has 0 aliphatic heterocycles. The summed E-state index contributed by atoms with van der Waals surface area (Å²) in [7, 11) is 0. The number of carbonyl (C=O) groups is 4. The normalized spacial score (nSPS) is 17.9. The molecule has 1 fully saturated rings. The van der Waals surface area contributed by atoms with E-state index in [1.54, 1.807) is 12.1 Å². The van der Waals surface area contributed by atoms with Gasteiger partial charge in [0.05, 0.1) is 24.3 Å². The molecule has 1 aliphatic rings. The van der Waals surface area contributed by atoms with Crippen molar-refractivity contribution in [1.82, 2.24) is 0 Å². The maximum Gasteiger partial charge on any atom is 0.513 e. The van der Waals surface area contributed by atoms with E-state index in [4.69, 9.17) is 23.7 Å². The fourth-order valence-corrected chi connectivity index (χ4v) is 5.01. The summed E-state index contributed by atoms with van der Waals surface area (Å²) in [5, 5.41) is 0. The van der Waals surface area contributed by atoms with Crippen molar-refractivity contribution in [3.63, 3.8) is 0 Å². The van der Waals surface area contributed by atoms with E-state index in [1.165, 1.54) is 36.4 Å². The molecular formula is C34H42O9. The summed E-state index contributed by atoms with van der Waals surface area (Å²) in [6.45, 7) is 10.4. The summed E-state index contributed by atoms with van der Waals surface area (Å²) in [6.07, 6.45) is 6.27. The third-order valence-corrected chi connectivity index (χ3v) is 7.48. The molecule has 1 aliphatic carbocycles. The van der Waals surface area contributed by atoms with Gasteiger partial charge >= 0.3 is 24.1 Å². The van der Waals surface area contributed by atoms with Crippen molar-refractivity contribution in [1.29, 1.82) is 0 Å². The lowest BCUT2D eigenvalue weighted by atomic mass is 9.75. The lowest BCUT2D eigenvalue weighted by molar-refractivity contribution is -0.137. The van der Waals surface area contributed by atoms with Gasteiger partial charge in [-0.25, -0.2) is 19.2 Å². The van der Waals surface area contributed by atoms with E-state index in [9.17, 15) is 19.2 Å². The number of unbranched alkanes of at least 4 members (excludes halogenated alkanes) is 3. The van der Waals surface area contributed by atoms with E-state index in [0.717, 1.165) is 44.6 Å². The summed E-state index contributed by atoms with van der Waals surface area (Å²) in [5.41, 5.74) is 0.668. The second-order valence-electron chi connectivity index (χ2n) is 11.2. The van der Waals surface area contributed by atoms with Gasteiger partial charge in [-0.3, -0.25) is 0 Å². The van der Waals surface area contributed by atoms with Crippen LogP contribution in [0.2, 0.25) is 0 Å². The molecule has 9 nitrogen and oxygen atoms in total. The minimum Gasteiger partial charge on any atom is -0.463 e. The SMILES string of the molecule is C=CC(=O)OCCCCCCOC(=O)Oc1ccc(OC(=O)c2ccc(C(=O)OC3CC(C)CCC3C(C)C)cc2)cc1. The first kappa shape index (κ1) is 33.4. The van der Waals surface area contributed by atoms with Crippen molar-refractivity contribution >= 4 is 24.1 Å². The molecule has 2 aromatic carbocycles. The lowest BCUT2D eigenvalue weighted by Gasteiger charge is -2.36. The maximum atomic E-state index is 12.8. The highest BCUT2D eigenvalue weighted by atomic mass is 16.7. The predicted octanol–water partition coefficient (Wildman–Crippen LogP) is 7.33. The Morgan fingerprint density at radius 1 is 0.791 bits per heavy atom. The number of carbonyl (C=O) groups excluding carboxylic acids is 4. The molecule has 0 N–H and O–H groups in total. The first-order chi connectivity index (χ1) is 20.7. The van der Waals surface area contributed by atoms with Crippen LogP contribution in [0.25, 0.3) is 0 Å². The van der Waals surface area contributed by atoms with E-state index >= 15 is 0 Å². The Morgan fingerprint density at radius 2 is 1.35 bits per heavy atom. The topological polar surface area (TPSA) is 114 Å². The second kappa shape index (κ2) is 17.1. The van der Waals surface area contributed by atoms with Crippen molar-refractivity contribution in [2.45, 2.75) is 71.8 Å². The van der Waals surface area contributed by atoms with Gasteiger partial charge in [0.15, 0.2) is 0 Å². The Balaban J connectivity index is 1.39. The van der Waals surface area contributed by atoms with E-state index in [2.05, 4.69) is 27.4 Å². The molecule has 3 atom stereocenters. The minimum atomic E-state index is -0.832. The molecule has 0 saturated heterocycles. The highest BCUT2D eigenvalue weighted by Crippen LogP contribution is 2.35. The molecule has 1 saturated carbocycles. The van der Waals surface area contributed by atoms with Gasteiger partial charge < -0.3 is 23.7 Å². The molecule has 3 rings (SSSR count). The fourth-order valence-electron chi connectivity index (χ4n) is 5.01. The molecule has 9 heteroatoms. The van der Waals surface area contributed by atoms with Gasteiger partial charge in [-0.1, -0.05) is 33.8 Å². The molecule has 2 aromatic rings. The van der Waals surface area contributed by atoms with Crippen LogP contribution in [0.4, 0.5) is 4.79 Å². The molecule has 0 aromatic heterocycles. The van der Waals surface area contributed by atoms with Gasteiger partial charge in [0.2, 0.25) is 0 Å². The highest BCUT2D eigenvalue weighted by Gasteiger charge is 2.33. The zero-order valence-electron chi connectivity index (χ0n) is 25.3. The van der Waals surface area contributed by atoms with Crippen molar-refractivity contribution in [3.05, 3.63) is 72.3 Å². The van der Waals surface area contributed by atoms with Gasteiger partial charge in [0.25, 0.3) is 0 Å². The number of ether oxygens (including phenoxy) is 5. The van der Waals surface area contributed by atoms with Gasteiger partial charge in [-0.05, 0) is 105 Å². The summed E-state index contributed by atoms with van der Waals surface area (Å²) in [4.78, 5) is 48.3. The largest absolute Gasteiger partial charge is 0.513 e. The van der Waals surface area contributed by atoms with Crippen LogP contribution in [0.1, 0.15) is 86.4 Å². The van der Waals surface area contributed by atoms with Gasteiger partial charge in [-0.2, -0.15) is 0 Å². The maximum absolute atomic E-state index is 12.8. The molecule has 3 unspecified atom stereocenters. The molecule has 0 heterocycles. The van der Waals surface area contributed by atoms with Crippen LogP contribution in [-0.2, 0) is 19.0 Å². The van der Waals surface area contributed by atoms with Crippen molar-refractivity contribution in [2.24, 2.45) is 17.8 Å². The Bertz CT molecular complexity index is 1220. The smallest absolute Gasteiger partial charge is 0.463 e. The highest BCUT2D eigenvalue weighted by molar-refractivity contribution is 5.94. The summed E-state index contributed by atoms with van der Waals surface area (Å²) >= 11 is 0. The third kappa shape index (κ3) is 11.2. The number of rotatable bonds is 14. The molecule has 0 amide bonds. The van der Waals surface area contributed by atoms with Gasteiger partial charge in [-0.15, -0.1) is 0 Å². The molecule has 0 spiro atoms. The number of hydrogen-bond acceptors (Lipinski definition) is 9. The van der Waals surface area contributed by atoms with E-state index in [1.807, 2.05) is 0 Å². The van der Waals surface area contributed by atoms with Crippen LogP contribution in [0.3, 0.4) is 0 Å². The van der Waals surface area contributed by atoms with Crippen molar-refractivity contribution in [3.8, 4) is 11.5 Å². The first-order valence-corrected chi connectivity index (χ1v) is 14.9. The van der Waals surface area contributed by atoms with Gasteiger partial charge in [0, 0.05) is 6.08 Å². The number of benzene rings is 2. The van der Waals surface area contributed by atoms with Crippen LogP contribution in [0.15, 0.2) is 61.2 Å². The Morgan fingerprint density at radius 3 is 1.93 bits per heavy atom. The zero-order chi connectivity index (χ0) is 31.2. The summed E-state index contributed by atoms with van der Waals surface area (Å²) in [5.74, 6) is 0.396. The molecule has 232 valence electrons. The second-order valence-corrected chi connectivity index (χ2v) is 11.2. The van der Waals surface area contributed by atoms with Crippen LogP contribution < -0.4 is 9.47 Å². The summed E-state index contributed by atoms with van der Waals surface area (Å²) in [6, 6.07) is 12.2. The standard InChI is InChI=1S/C34H42O9/c1-5-31(35)39-20-8-6-7-9-21-40-34(38)42-28-17-15-27(16-18-28)41-32(36)25-11-13-26(14-12-25)33(37)43-30-22-24(4)10-19-29(30)23(2)3/h5,11-18,23-24,29-30H,1,6-10,19-22H2,2-4H3. The third-order valence-electron chi connectivity index (χ3n) is 7.48. The van der Waals surface area contributed by atoms with Crippen molar-refractivity contribution in [2.75, 3.05) is 13.2 Å². The predicted molar refractivity (Wildman–Crippen MR) is 160 cm³/mol. The van der Waals surface area contributed by atoms with Crippen LogP contribution >= 0.6 is 0 Å². The average molecular weight is 595 g/mol. The number of hydrogen-bond donors (Lipinski definition) is 0. The summed E-state index contributed by atoms with van der Waals surface area (Å²) < 4.78 is 26.4. The van der Waals surface area contributed by atoms with E-state index < -0.39 is 18.1 Å².